The van der Waals surface area contributed by atoms with E-state index in [1.807, 2.05) is 16.9 Å². The molecule has 1 aliphatic rings. The molecule has 112 valence electrons. The highest BCUT2D eigenvalue weighted by Gasteiger charge is 2.11. The van der Waals surface area contributed by atoms with Crippen molar-refractivity contribution in [2.24, 2.45) is 0 Å². The van der Waals surface area contributed by atoms with Gasteiger partial charge in [-0.3, -0.25) is 4.90 Å². The molecule has 0 atom stereocenters. The van der Waals surface area contributed by atoms with E-state index in [-0.39, 0.29) is 0 Å². The normalized spacial score (nSPS) is 16.2. The van der Waals surface area contributed by atoms with Crippen molar-refractivity contribution in [2.45, 2.75) is 25.8 Å². The van der Waals surface area contributed by atoms with Crippen molar-refractivity contribution in [3.8, 4) is 11.1 Å². The van der Waals surface area contributed by atoms with Crippen molar-refractivity contribution in [3.63, 3.8) is 0 Å². The van der Waals surface area contributed by atoms with Gasteiger partial charge in [0.2, 0.25) is 0 Å². The zero-order valence-corrected chi connectivity index (χ0v) is 12.8. The van der Waals surface area contributed by atoms with E-state index >= 15 is 0 Å². The average molecular weight is 291 g/mol. The van der Waals surface area contributed by atoms with Crippen LogP contribution in [0.4, 0.5) is 0 Å². The van der Waals surface area contributed by atoms with E-state index < -0.39 is 0 Å². The molecular formula is C19H21N3. The van der Waals surface area contributed by atoms with Crippen LogP contribution in [-0.2, 0) is 6.54 Å². The van der Waals surface area contributed by atoms with Gasteiger partial charge in [-0.05, 0) is 55.3 Å². The molecule has 2 aromatic heterocycles. The number of piperidine rings is 1. The van der Waals surface area contributed by atoms with Gasteiger partial charge < -0.3 is 0 Å². The SMILES string of the molecule is c1cc(CN2CCCCC2)cc(-c2cccn3nccc23)c1. The van der Waals surface area contributed by atoms with E-state index in [2.05, 4.69) is 52.5 Å². The van der Waals surface area contributed by atoms with Crippen LogP contribution in [0.3, 0.4) is 0 Å². The minimum atomic E-state index is 1.07. The second kappa shape index (κ2) is 5.93. The molecule has 1 saturated heterocycles. The largest absolute Gasteiger partial charge is 0.299 e. The van der Waals surface area contributed by atoms with Crippen LogP contribution in [0.1, 0.15) is 24.8 Å². The smallest absolute Gasteiger partial charge is 0.0739 e. The fourth-order valence-corrected chi connectivity index (χ4v) is 3.41. The van der Waals surface area contributed by atoms with E-state index in [0.29, 0.717) is 0 Å². The lowest BCUT2D eigenvalue weighted by atomic mass is 10.0. The van der Waals surface area contributed by atoms with E-state index in [0.717, 1.165) is 12.1 Å². The fourth-order valence-electron chi connectivity index (χ4n) is 3.41. The van der Waals surface area contributed by atoms with Crippen molar-refractivity contribution >= 4 is 5.52 Å². The van der Waals surface area contributed by atoms with Crippen LogP contribution in [-0.4, -0.2) is 27.6 Å². The summed E-state index contributed by atoms with van der Waals surface area (Å²) in [5.41, 5.74) is 5.10. The second-order valence-corrected chi connectivity index (χ2v) is 6.12. The first-order valence-corrected chi connectivity index (χ1v) is 8.14. The standard InChI is InChI=1S/C19H21N3/c1-2-11-21(12-3-1)15-16-6-4-7-17(14-16)18-8-5-13-22-19(18)9-10-20-22/h4-10,13-14H,1-3,11-12,15H2. The van der Waals surface area contributed by atoms with Crippen LogP contribution in [0, 0.1) is 0 Å². The Labute approximate surface area is 131 Å². The van der Waals surface area contributed by atoms with Gasteiger partial charge in [-0.1, -0.05) is 30.7 Å². The highest BCUT2D eigenvalue weighted by atomic mass is 15.2. The number of benzene rings is 1. The molecule has 22 heavy (non-hydrogen) atoms. The molecule has 3 heteroatoms. The highest BCUT2D eigenvalue weighted by molar-refractivity contribution is 5.80. The van der Waals surface area contributed by atoms with Crippen molar-refractivity contribution in [1.29, 1.82) is 0 Å². The fraction of sp³-hybridized carbons (Fsp3) is 0.316. The summed E-state index contributed by atoms with van der Waals surface area (Å²) in [5.74, 6) is 0. The highest BCUT2D eigenvalue weighted by Crippen LogP contribution is 2.25. The van der Waals surface area contributed by atoms with Crippen molar-refractivity contribution < 1.29 is 0 Å². The topological polar surface area (TPSA) is 20.5 Å². The van der Waals surface area contributed by atoms with Gasteiger partial charge in [0, 0.05) is 24.5 Å². The first kappa shape index (κ1) is 13.5. The van der Waals surface area contributed by atoms with Crippen molar-refractivity contribution in [1.82, 2.24) is 14.5 Å². The molecule has 0 bridgehead atoms. The molecule has 0 aliphatic carbocycles. The lowest BCUT2D eigenvalue weighted by molar-refractivity contribution is 0.221. The Kier molecular flexibility index (Phi) is 3.65. The number of hydrogen-bond donors (Lipinski definition) is 0. The molecule has 3 heterocycles. The van der Waals surface area contributed by atoms with Gasteiger partial charge in [0.25, 0.3) is 0 Å². The van der Waals surface area contributed by atoms with E-state index in [9.17, 15) is 0 Å². The Bertz CT molecular complexity index is 769. The zero-order valence-electron chi connectivity index (χ0n) is 12.8. The Hall–Kier alpha value is -2.13. The summed E-state index contributed by atoms with van der Waals surface area (Å²) in [6.45, 7) is 3.54. The predicted octanol–water partition coefficient (Wildman–Crippen LogP) is 3.99. The van der Waals surface area contributed by atoms with Gasteiger partial charge in [0.1, 0.15) is 0 Å². The number of aromatic nitrogens is 2. The molecule has 1 aromatic carbocycles. The van der Waals surface area contributed by atoms with Crippen LogP contribution in [0.15, 0.2) is 54.9 Å². The lowest BCUT2D eigenvalue weighted by Crippen LogP contribution is -2.29. The average Bonchev–Trinajstić information content (AvgIpc) is 3.04. The summed E-state index contributed by atoms with van der Waals surface area (Å²) >= 11 is 0. The van der Waals surface area contributed by atoms with Gasteiger partial charge in [0.15, 0.2) is 0 Å². The number of pyridine rings is 1. The second-order valence-electron chi connectivity index (χ2n) is 6.12. The molecule has 3 nitrogen and oxygen atoms in total. The summed E-state index contributed by atoms with van der Waals surface area (Å²) in [7, 11) is 0. The zero-order chi connectivity index (χ0) is 14.8. The van der Waals surface area contributed by atoms with Crippen LogP contribution in [0.5, 0.6) is 0 Å². The number of hydrogen-bond acceptors (Lipinski definition) is 2. The van der Waals surface area contributed by atoms with Gasteiger partial charge in [-0.15, -0.1) is 0 Å². The molecule has 4 rings (SSSR count). The molecular weight excluding hydrogens is 270 g/mol. The van der Waals surface area contributed by atoms with Gasteiger partial charge in [-0.25, -0.2) is 4.52 Å². The van der Waals surface area contributed by atoms with Crippen LogP contribution < -0.4 is 0 Å². The van der Waals surface area contributed by atoms with Crippen LogP contribution in [0.2, 0.25) is 0 Å². The molecule has 0 unspecified atom stereocenters. The van der Waals surface area contributed by atoms with Gasteiger partial charge >= 0.3 is 0 Å². The summed E-state index contributed by atoms with van der Waals surface area (Å²) in [4.78, 5) is 2.57. The molecule has 3 aromatic rings. The molecule has 1 aliphatic heterocycles. The number of likely N-dealkylation sites (tertiary alicyclic amines) is 1. The quantitative estimate of drug-likeness (QED) is 0.727. The van der Waals surface area contributed by atoms with E-state index in [1.165, 1.54) is 49.0 Å². The Balaban J connectivity index is 1.65. The minimum Gasteiger partial charge on any atom is -0.299 e. The lowest BCUT2D eigenvalue weighted by Gasteiger charge is -2.26. The Morgan fingerprint density at radius 3 is 2.77 bits per heavy atom. The maximum Gasteiger partial charge on any atom is 0.0739 e. The molecule has 1 fully saturated rings. The molecule has 0 spiro atoms. The van der Waals surface area contributed by atoms with E-state index in [1.54, 1.807) is 0 Å². The first-order chi connectivity index (χ1) is 10.9. The van der Waals surface area contributed by atoms with Crippen LogP contribution in [0.25, 0.3) is 16.6 Å². The third kappa shape index (κ3) is 2.64. The van der Waals surface area contributed by atoms with Gasteiger partial charge in [-0.2, -0.15) is 5.10 Å². The summed E-state index contributed by atoms with van der Waals surface area (Å²) in [6.07, 6.45) is 7.93. The monoisotopic (exact) mass is 291 g/mol. The third-order valence-electron chi connectivity index (χ3n) is 4.53. The Morgan fingerprint density at radius 1 is 0.955 bits per heavy atom. The maximum absolute atomic E-state index is 4.33. The molecule has 0 saturated carbocycles. The summed E-state index contributed by atoms with van der Waals surface area (Å²) in [5, 5.41) is 4.33. The summed E-state index contributed by atoms with van der Waals surface area (Å²) < 4.78 is 1.94. The van der Waals surface area contributed by atoms with Crippen molar-refractivity contribution in [2.75, 3.05) is 13.1 Å². The minimum absolute atomic E-state index is 1.07. The maximum atomic E-state index is 4.33. The molecule has 0 amide bonds. The predicted molar refractivity (Wildman–Crippen MR) is 89.8 cm³/mol. The Morgan fingerprint density at radius 2 is 1.86 bits per heavy atom. The third-order valence-corrected chi connectivity index (χ3v) is 4.53. The molecule has 0 radical (unpaired) electrons. The van der Waals surface area contributed by atoms with Crippen LogP contribution >= 0.6 is 0 Å². The van der Waals surface area contributed by atoms with Gasteiger partial charge in [0.05, 0.1) is 5.52 Å². The van der Waals surface area contributed by atoms with Crippen molar-refractivity contribution in [3.05, 3.63) is 60.4 Å². The summed E-state index contributed by atoms with van der Waals surface area (Å²) in [6, 6.07) is 15.3. The van der Waals surface area contributed by atoms with E-state index in [4.69, 9.17) is 0 Å². The molecule has 0 N–H and O–H groups in total. The first-order valence-electron chi connectivity index (χ1n) is 8.14. The number of rotatable bonds is 3. The number of fused-ring (bicyclic) bond motifs is 1. The number of nitrogens with zero attached hydrogens (tertiary/aromatic N) is 3.